The first-order valence-electron chi connectivity index (χ1n) is 6.43. The molecule has 0 aliphatic rings. The molecule has 1 aromatic rings. The van der Waals surface area contributed by atoms with Crippen molar-refractivity contribution in [2.75, 3.05) is 6.61 Å². The highest BCUT2D eigenvalue weighted by atomic mass is 16.5. The number of carbonyl (C=O) groups excluding carboxylic acids is 2. The number of ether oxygens (including phenoxy) is 1. The summed E-state index contributed by atoms with van der Waals surface area (Å²) in [7, 11) is 0. The minimum atomic E-state index is -0.678. The molecule has 0 saturated heterocycles. The predicted molar refractivity (Wildman–Crippen MR) is 72.6 cm³/mol. The molecule has 0 aliphatic heterocycles. The third-order valence-electron chi connectivity index (χ3n) is 2.89. The minimum Gasteiger partial charge on any atom is -0.452 e. The molecule has 1 rings (SSSR count). The van der Waals surface area contributed by atoms with E-state index < -0.39 is 11.6 Å². The van der Waals surface area contributed by atoms with Crippen molar-refractivity contribution in [1.82, 2.24) is 5.32 Å². The molecule has 0 fully saturated rings. The number of aryl methyl sites for hydroxylation is 2. The van der Waals surface area contributed by atoms with E-state index in [0.717, 1.165) is 6.42 Å². The summed E-state index contributed by atoms with van der Waals surface area (Å²) in [6.45, 7) is 6.56. The van der Waals surface area contributed by atoms with E-state index in [9.17, 15) is 14.4 Å². The molecule has 20 heavy (non-hydrogen) atoms. The fraction of sp³-hybridized carbons (Fsp3) is 0.500. The molecule has 1 atom stereocenters. The number of hydrogen-bond acceptors (Lipinski definition) is 5. The monoisotopic (exact) mass is 281 g/mol. The molecule has 0 saturated carbocycles. The lowest BCUT2D eigenvalue weighted by Crippen LogP contribution is -2.35. The molecule has 1 aromatic heterocycles. The van der Waals surface area contributed by atoms with Gasteiger partial charge < -0.3 is 14.5 Å². The molecule has 110 valence electrons. The highest BCUT2D eigenvalue weighted by molar-refractivity contribution is 5.93. The van der Waals surface area contributed by atoms with Gasteiger partial charge in [-0.3, -0.25) is 4.79 Å². The Labute approximate surface area is 117 Å². The molecule has 0 radical (unpaired) electrons. The smallest absolute Gasteiger partial charge is 0.342 e. The average Bonchev–Trinajstić information content (AvgIpc) is 2.34. The number of esters is 1. The Balaban J connectivity index is 2.69. The van der Waals surface area contributed by atoms with Crippen LogP contribution >= 0.6 is 0 Å². The van der Waals surface area contributed by atoms with Crippen molar-refractivity contribution < 1.29 is 18.7 Å². The van der Waals surface area contributed by atoms with E-state index in [-0.39, 0.29) is 29.9 Å². The van der Waals surface area contributed by atoms with Crippen molar-refractivity contribution in [2.24, 2.45) is 0 Å². The molecular formula is C14H19NO5. The van der Waals surface area contributed by atoms with E-state index in [1.54, 1.807) is 6.92 Å². The third-order valence-corrected chi connectivity index (χ3v) is 2.89. The summed E-state index contributed by atoms with van der Waals surface area (Å²) in [5.41, 5.74) is 0.123. The van der Waals surface area contributed by atoms with E-state index in [0.29, 0.717) is 5.56 Å². The second-order valence-corrected chi connectivity index (χ2v) is 4.63. The first-order chi connectivity index (χ1) is 9.35. The molecule has 0 spiro atoms. The summed E-state index contributed by atoms with van der Waals surface area (Å²) in [6.07, 6.45) is 0.793. The zero-order chi connectivity index (χ0) is 15.3. The zero-order valence-electron chi connectivity index (χ0n) is 12.1. The lowest BCUT2D eigenvalue weighted by atomic mass is 10.1. The first-order valence-corrected chi connectivity index (χ1v) is 6.43. The van der Waals surface area contributed by atoms with Gasteiger partial charge in [-0.2, -0.15) is 0 Å². The molecule has 1 amide bonds. The van der Waals surface area contributed by atoms with Crippen molar-refractivity contribution in [2.45, 2.75) is 40.2 Å². The standard InChI is InChI=1S/C14H19NO5/c1-5-9(3)15-11(16)7-19-14(18)13-8(2)6-12(17)20-10(13)4/h6,9H,5,7H2,1-4H3,(H,15,16)/t9-/m0/s1. The van der Waals surface area contributed by atoms with Crippen LogP contribution in [-0.2, 0) is 9.53 Å². The van der Waals surface area contributed by atoms with Gasteiger partial charge in [0, 0.05) is 12.1 Å². The Morgan fingerprint density at radius 3 is 2.60 bits per heavy atom. The summed E-state index contributed by atoms with van der Waals surface area (Å²) in [5.74, 6) is -0.856. The van der Waals surface area contributed by atoms with E-state index in [1.807, 2.05) is 13.8 Å². The Hall–Kier alpha value is -2.11. The number of hydrogen-bond donors (Lipinski definition) is 1. The van der Waals surface area contributed by atoms with Gasteiger partial charge in [0.2, 0.25) is 0 Å². The maximum atomic E-state index is 11.9. The van der Waals surface area contributed by atoms with Gasteiger partial charge in [0.1, 0.15) is 11.3 Å². The Bertz CT molecular complexity index is 535. The fourth-order valence-corrected chi connectivity index (χ4v) is 1.68. The minimum absolute atomic E-state index is 0.0272. The van der Waals surface area contributed by atoms with Crippen molar-refractivity contribution in [1.29, 1.82) is 0 Å². The van der Waals surface area contributed by atoms with Crippen LogP contribution in [0.25, 0.3) is 0 Å². The number of carbonyl (C=O) groups is 2. The molecule has 6 nitrogen and oxygen atoms in total. The van der Waals surface area contributed by atoms with Crippen LogP contribution in [0.5, 0.6) is 0 Å². The van der Waals surface area contributed by atoms with Crippen LogP contribution in [0.2, 0.25) is 0 Å². The molecule has 0 aliphatic carbocycles. The van der Waals surface area contributed by atoms with Crippen LogP contribution in [0.15, 0.2) is 15.3 Å². The van der Waals surface area contributed by atoms with Gasteiger partial charge in [-0.15, -0.1) is 0 Å². The summed E-state index contributed by atoms with van der Waals surface area (Å²) in [5, 5.41) is 2.69. The maximum Gasteiger partial charge on any atom is 0.342 e. The molecule has 0 aromatic carbocycles. The lowest BCUT2D eigenvalue weighted by Gasteiger charge is -2.12. The average molecular weight is 281 g/mol. The highest BCUT2D eigenvalue weighted by Gasteiger charge is 2.18. The molecule has 6 heteroatoms. The molecule has 0 unspecified atom stereocenters. The Morgan fingerprint density at radius 1 is 1.40 bits per heavy atom. The zero-order valence-corrected chi connectivity index (χ0v) is 12.1. The van der Waals surface area contributed by atoms with Gasteiger partial charge in [0.15, 0.2) is 6.61 Å². The van der Waals surface area contributed by atoms with E-state index >= 15 is 0 Å². The molecule has 1 heterocycles. The Morgan fingerprint density at radius 2 is 2.05 bits per heavy atom. The molecule has 0 bridgehead atoms. The second kappa shape index (κ2) is 6.88. The molecular weight excluding hydrogens is 262 g/mol. The van der Waals surface area contributed by atoms with Gasteiger partial charge in [0.25, 0.3) is 5.91 Å². The number of nitrogens with one attached hydrogen (secondary N) is 1. The fourth-order valence-electron chi connectivity index (χ4n) is 1.68. The number of rotatable bonds is 5. The normalized spacial score (nSPS) is 11.8. The predicted octanol–water partition coefficient (Wildman–Crippen LogP) is 1.33. The van der Waals surface area contributed by atoms with Gasteiger partial charge in [-0.05, 0) is 32.8 Å². The van der Waals surface area contributed by atoms with E-state index in [2.05, 4.69) is 5.32 Å². The summed E-state index contributed by atoms with van der Waals surface area (Å²) in [6, 6.07) is 1.24. The first kappa shape index (κ1) is 15.9. The lowest BCUT2D eigenvalue weighted by molar-refractivity contribution is -0.124. The SMILES string of the molecule is CC[C@H](C)NC(=O)COC(=O)c1c(C)cc(=O)oc1C. The van der Waals surface area contributed by atoms with Gasteiger partial charge >= 0.3 is 11.6 Å². The van der Waals surface area contributed by atoms with Crippen molar-refractivity contribution in [3.05, 3.63) is 33.4 Å². The van der Waals surface area contributed by atoms with Crippen LogP contribution in [0, 0.1) is 13.8 Å². The van der Waals surface area contributed by atoms with E-state index in [4.69, 9.17) is 9.15 Å². The third kappa shape index (κ3) is 4.22. The summed E-state index contributed by atoms with van der Waals surface area (Å²) < 4.78 is 9.77. The largest absolute Gasteiger partial charge is 0.452 e. The molecule has 1 N–H and O–H groups in total. The van der Waals surface area contributed by atoms with Crippen LogP contribution in [0.1, 0.15) is 41.9 Å². The van der Waals surface area contributed by atoms with Crippen LogP contribution in [0.4, 0.5) is 0 Å². The van der Waals surface area contributed by atoms with Crippen LogP contribution in [-0.4, -0.2) is 24.5 Å². The van der Waals surface area contributed by atoms with Gasteiger partial charge in [-0.1, -0.05) is 6.92 Å². The summed E-state index contributed by atoms with van der Waals surface area (Å²) >= 11 is 0. The van der Waals surface area contributed by atoms with Crippen molar-refractivity contribution in [3.63, 3.8) is 0 Å². The second-order valence-electron chi connectivity index (χ2n) is 4.63. The maximum absolute atomic E-state index is 11.9. The van der Waals surface area contributed by atoms with E-state index in [1.165, 1.54) is 13.0 Å². The van der Waals surface area contributed by atoms with Crippen LogP contribution in [0.3, 0.4) is 0 Å². The highest BCUT2D eigenvalue weighted by Crippen LogP contribution is 2.12. The van der Waals surface area contributed by atoms with Crippen molar-refractivity contribution in [3.8, 4) is 0 Å². The quantitative estimate of drug-likeness (QED) is 0.823. The van der Waals surface area contributed by atoms with Crippen LogP contribution < -0.4 is 10.9 Å². The van der Waals surface area contributed by atoms with Gasteiger partial charge in [0.05, 0.1) is 0 Å². The van der Waals surface area contributed by atoms with Crippen molar-refractivity contribution >= 4 is 11.9 Å². The topological polar surface area (TPSA) is 85.6 Å². The summed E-state index contributed by atoms with van der Waals surface area (Å²) in [4.78, 5) is 34.5. The number of amides is 1. The van der Waals surface area contributed by atoms with Gasteiger partial charge in [-0.25, -0.2) is 9.59 Å². The Kier molecular flexibility index (Phi) is 5.49.